The van der Waals surface area contributed by atoms with Crippen molar-refractivity contribution in [1.29, 1.82) is 0 Å². The zero-order valence-corrected chi connectivity index (χ0v) is 17.0. The number of ether oxygens (including phenoxy) is 1. The fraction of sp³-hybridized carbons (Fsp3) is 0.636. The largest absolute Gasteiger partial charge is 0.357 e. The van der Waals surface area contributed by atoms with E-state index in [1.807, 2.05) is 24.7 Å². The third-order valence-electron chi connectivity index (χ3n) is 6.07. The Morgan fingerprint density at radius 3 is 2.89 bits per heavy atom. The van der Waals surface area contributed by atoms with Gasteiger partial charge < -0.3 is 4.74 Å². The van der Waals surface area contributed by atoms with E-state index in [1.54, 1.807) is 0 Å². The molecular weight excluding hydrogens is 350 g/mol. The molecule has 6 heteroatoms. The highest BCUT2D eigenvalue weighted by Crippen LogP contribution is 2.25. The van der Waals surface area contributed by atoms with E-state index in [2.05, 4.69) is 43.6 Å². The SMILES string of the molecule is CCN1CCCC1CN(Cc1cccnc1)Cc1ccnn1C1CCCCO1. The zero-order chi connectivity index (χ0) is 19.2. The summed E-state index contributed by atoms with van der Waals surface area (Å²) in [5.41, 5.74) is 2.51. The number of aromatic nitrogens is 3. The summed E-state index contributed by atoms with van der Waals surface area (Å²) in [4.78, 5) is 9.50. The quantitative estimate of drug-likeness (QED) is 0.699. The molecule has 2 aliphatic heterocycles. The fourth-order valence-corrected chi connectivity index (χ4v) is 4.62. The number of likely N-dealkylation sites (tertiary alicyclic amines) is 1. The number of rotatable bonds is 8. The van der Waals surface area contributed by atoms with Crippen molar-refractivity contribution < 1.29 is 4.74 Å². The second-order valence-electron chi connectivity index (χ2n) is 8.04. The van der Waals surface area contributed by atoms with Crippen molar-refractivity contribution in [1.82, 2.24) is 24.6 Å². The summed E-state index contributed by atoms with van der Waals surface area (Å²) >= 11 is 0. The predicted octanol–water partition coefficient (Wildman–Crippen LogP) is 3.46. The van der Waals surface area contributed by atoms with E-state index < -0.39 is 0 Å². The molecule has 4 heterocycles. The average Bonchev–Trinajstić information content (AvgIpc) is 3.38. The maximum atomic E-state index is 5.99. The number of nitrogens with zero attached hydrogens (tertiary/aromatic N) is 5. The second kappa shape index (κ2) is 9.63. The Morgan fingerprint density at radius 1 is 1.14 bits per heavy atom. The van der Waals surface area contributed by atoms with Gasteiger partial charge in [-0.3, -0.25) is 14.8 Å². The van der Waals surface area contributed by atoms with Gasteiger partial charge >= 0.3 is 0 Å². The molecule has 0 aromatic carbocycles. The molecule has 28 heavy (non-hydrogen) atoms. The molecule has 2 aliphatic rings. The fourth-order valence-electron chi connectivity index (χ4n) is 4.62. The van der Waals surface area contributed by atoms with Gasteiger partial charge in [0.05, 0.1) is 5.69 Å². The highest BCUT2D eigenvalue weighted by molar-refractivity contribution is 5.09. The van der Waals surface area contributed by atoms with Crippen LogP contribution >= 0.6 is 0 Å². The molecule has 2 fully saturated rings. The van der Waals surface area contributed by atoms with Crippen molar-refractivity contribution in [2.45, 2.75) is 64.4 Å². The van der Waals surface area contributed by atoms with E-state index in [9.17, 15) is 0 Å². The summed E-state index contributed by atoms with van der Waals surface area (Å²) < 4.78 is 8.11. The first-order valence-electron chi connectivity index (χ1n) is 10.8. The Morgan fingerprint density at radius 2 is 2.11 bits per heavy atom. The highest BCUT2D eigenvalue weighted by atomic mass is 16.5. The lowest BCUT2D eigenvalue weighted by Gasteiger charge is -2.31. The molecule has 6 nitrogen and oxygen atoms in total. The first kappa shape index (κ1) is 19.6. The van der Waals surface area contributed by atoms with Crippen LogP contribution in [-0.2, 0) is 17.8 Å². The zero-order valence-electron chi connectivity index (χ0n) is 17.0. The molecule has 2 atom stereocenters. The molecule has 4 rings (SSSR count). The van der Waals surface area contributed by atoms with Gasteiger partial charge in [-0.25, -0.2) is 4.68 Å². The Bertz CT molecular complexity index is 713. The third kappa shape index (κ3) is 4.80. The number of hydrogen-bond donors (Lipinski definition) is 0. The van der Waals surface area contributed by atoms with Gasteiger partial charge in [0.15, 0.2) is 6.23 Å². The van der Waals surface area contributed by atoms with Gasteiger partial charge in [-0.05, 0) is 62.9 Å². The second-order valence-corrected chi connectivity index (χ2v) is 8.04. The summed E-state index contributed by atoms with van der Waals surface area (Å²) in [6, 6.07) is 7.00. The predicted molar refractivity (Wildman–Crippen MR) is 110 cm³/mol. The van der Waals surface area contributed by atoms with Crippen LogP contribution in [0, 0.1) is 0 Å². The van der Waals surface area contributed by atoms with Crippen LogP contribution in [0.1, 0.15) is 56.5 Å². The van der Waals surface area contributed by atoms with Gasteiger partial charge in [0.2, 0.25) is 0 Å². The molecule has 0 radical (unpaired) electrons. The first-order chi connectivity index (χ1) is 13.8. The van der Waals surface area contributed by atoms with E-state index in [-0.39, 0.29) is 6.23 Å². The van der Waals surface area contributed by atoms with Crippen LogP contribution in [0.5, 0.6) is 0 Å². The molecule has 0 bridgehead atoms. The van der Waals surface area contributed by atoms with Gasteiger partial charge in [-0.1, -0.05) is 13.0 Å². The minimum absolute atomic E-state index is 0.0950. The van der Waals surface area contributed by atoms with Gasteiger partial charge in [0.1, 0.15) is 0 Å². The molecular formula is C22H33N5O. The summed E-state index contributed by atoms with van der Waals surface area (Å²) in [6.07, 6.45) is 11.9. The van der Waals surface area contributed by atoms with E-state index in [0.29, 0.717) is 6.04 Å². The number of likely N-dealkylation sites (N-methyl/N-ethyl adjacent to an activating group) is 1. The van der Waals surface area contributed by atoms with Gasteiger partial charge in [0, 0.05) is 50.9 Å². The molecule has 0 amide bonds. The van der Waals surface area contributed by atoms with Crippen molar-refractivity contribution in [2.24, 2.45) is 0 Å². The van der Waals surface area contributed by atoms with Crippen molar-refractivity contribution in [3.05, 3.63) is 48.0 Å². The van der Waals surface area contributed by atoms with Gasteiger partial charge in [0.25, 0.3) is 0 Å². The summed E-state index contributed by atoms with van der Waals surface area (Å²) in [5, 5.41) is 4.61. The van der Waals surface area contributed by atoms with Crippen LogP contribution in [0.15, 0.2) is 36.8 Å². The Balaban J connectivity index is 1.49. The van der Waals surface area contributed by atoms with Crippen molar-refractivity contribution in [2.75, 3.05) is 26.2 Å². The minimum Gasteiger partial charge on any atom is -0.357 e. The highest BCUT2D eigenvalue weighted by Gasteiger charge is 2.26. The standard InChI is InChI=1S/C22H33N5O/c1-2-26-13-6-8-20(26)17-25(16-19-7-5-11-23-15-19)18-21-10-12-24-27(21)22-9-3-4-14-28-22/h5,7,10-12,15,20,22H,2-4,6,8-9,13-14,16-18H2,1H3. The monoisotopic (exact) mass is 383 g/mol. The molecule has 2 aromatic rings. The molecule has 0 N–H and O–H groups in total. The number of hydrogen-bond acceptors (Lipinski definition) is 5. The number of pyridine rings is 1. The van der Waals surface area contributed by atoms with E-state index >= 15 is 0 Å². The lowest BCUT2D eigenvalue weighted by atomic mass is 10.1. The summed E-state index contributed by atoms with van der Waals surface area (Å²) in [7, 11) is 0. The van der Waals surface area contributed by atoms with Gasteiger partial charge in [-0.2, -0.15) is 5.10 Å². The molecule has 0 saturated carbocycles. The Hall–Kier alpha value is -1.76. The third-order valence-corrected chi connectivity index (χ3v) is 6.07. The maximum Gasteiger partial charge on any atom is 0.150 e. The molecule has 2 unspecified atom stereocenters. The van der Waals surface area contributed by atoms with Gasteiger partial charge in [-0.15, -0.1) is 0 Å². The first-order valence-corrected chi connectivity index (χ1v) is 10.8. The van der Waals surface area contributed by atoms with Crippen LogP contribution in [0.4, 0.5) is 0 Å². The minimum atomic E-state index is 0.0950. The van der Waals surface area contributed by atoms with Crippen LogP contribution in [0.2, 0.25) is 0 Å². The maximum absolute atomic E-state index is 5.99. The molecule has 2 aromatic heterocycles. The van der Waals surface area contributed by atoms with Crippen molar-refractivity contribution in [3.8, 4) is 0 Å². The molecule has 2 saturated heterocycles. The van der Waals surface area contributed by atoms with Crippen molar-refractivity contribution in [3.63, 3.8) is 0 Å². The molecule has 152 valence electrons. The van der Waals surface area contributed by atoms with Crippen LogP contribution in [0.3, 0.4) is 0 Å². The Labute approximate surface area is 168 Å². The van der Waals surface area contributed by atoms with E-state index in [4.69, 9.17) is 4.74 Å². The average molecular weight is 384 g/mol. The van der Waals surface area contributed by atoms with Crippen LogP contribution in [-0.4, -0.2) is 56.8 Å². The lowest BCUT2D eigenvalue weighted by Crippen LogP contribution is -2.40. The smallest absolute Gasteiger partial charge is 0.150 e. The van der Waals surface area contributed by atoms with E-state index in [0.717, 1.165) is 45.6 Å². The van der Waals surface area contributed by atoms with Crippen LogP contribution < -0.4 is 0 Å². The molecule has 0 aliphatic carbocycles. The van der Waals surface area contributed by atoms with E-state index in [1.165, 1.54) is 37.1 Å². The Kier molecular flexibility index (Phi) is 6.73. The van der Waals surface area contributed by atoms with Crippen LogP contribution in [0.25, 0.3) is 0 Å². The van der Waals surface area contributed by atoms with Crippen molar-refractivity contribution >= 4 is 0 Å². The normalized spacial score (nSPS) is 23.5. The summed E-state index contributed by atoms with van der Waals surface area (Å²) in [6.45, 7) is 8.38. The summed E-state index contributed by atoms with van der Waals surface area (Å²) in [5.74, 6) is 0. The topological polar surface area (TPSA) is 46.4 Å². The molecule has 0 spiro atoms. The lowest BCUT2D eigenvalue weighted by molar-refractivity contribution is -0.0422.